The van der Waals surface area contributed by atoms with Crippen LogP contribution in [0.25, 0.3) is 16.6 Å². The van der Waals surface area contributed by atoms with Crippen LogP contribution in [0, 0.1) is 45.9 Å². The maximum absolute atomic E-state index is 12.4. The molecular formula is C23H23N5O2S. The minimum atomic E-state index is -0.209. The highest BCUT2D eigenvalue weighted by molar-refractivity contribution is 7.99. The van der Waals surface area contributed by atoms with Gasteiger partial charge in [-0.2, -0.15) is 5.26 Å². The molecule has 7 nitrogen and oxygen atoms in total. The van der Waals surface area contributed by atoms with Crippen molar-refractivity contribution < 1.29 is 9.21 Å². The van der Waals surface area contributed by atoms with Crippen LogP contribution in [0.4, 0.5) is 5.88 Å². The van der Waals surface area contributed by atoms with Crippen LogP contribution in [0.5, 0.6) is 0 Å². The Bertz CT molecular complexity index is 1380. The van der Waals surface area contributed by atoms with Crippen molar-refractivity contribution in [3.8, 4) is 6.07 Å². The summed E-state index contributed by atoms with van der Waals surface area (Å²) in [7, 11) is 0. The van der Waals surface area contributed by atoms with Gasteiger partial charge in [0.15, 0.2) is 10.8 Å². The number of rotatable bonds is 5. The van der Waals surface area contributed by atoms with Crippen LogP contribution in [0.2, 0.25) is 0 Å². The van der Waals surface area contributed by atoms with Gasteiger partial charge in [-0.1, -0.05) is 23.4 Å². The minimum absolute atomic E-state index is 0.209. The Morgan fingerprint density at radius 3 is 2.68 bits per heavy atom. The zero-order valence-corrected chi connectivity index (χ0v) is 19.0. The Kier molecular flexibility index (Phi) is 5.46. The number of nitrogens with one attached hydrogen (secondary N) is 1. The fourth-order valence-electron chi connectivity index (χ4n) is 3.78. The number of carbonyl (C=O) groups excluding carboxylic acids is 1. The van der Waals surface area contributed by atoms with Crippen LogP contribution >= 0.6 is 11.8 Å². The molecule has 0 fully saturated rings. The molecule has 1 N–H and O–H groups in total. The van der Waals surface area contributed by atoms with Gasteiger partial charge in [0, 0.05) is 23.1 Å². The number of pyridine rings is 1. The molecule has 0 atom stereocenters. The van der Waals surface area contributed by atoms with E-state index in [1.165, 1.54) is 22.7 Å². The number of aryl methyl sites for hydroxylation is 4. The first-order valence-corrected chi connectivity index (χ1v) is 11.0. The van der Waals surface area contributed by atoms with E-state index in [1.807, 2.05) is 6.07 Å². The van der Waals surface area contributed by atoms with Crippen LogP contribution in [-0.4, -0.2) is 26.3 Å². The summed E-state index contributed by atoms with van der Waals surface area (Å²) in [5.74, 6) is 1.16. The van der Waals surface area contributed by atoms with Crippen molar-refractivity contribution in [1.82, 2.24) is 14.6 Å². The van der Waals surface area contributed by atoms with E-state index in [0.29, 0.717) is 17.1 Å². The van der Waals surface area contributed by atoms with Crippen molar-refractivity contribution in [1.29, 1.82) is 5.26 Å². The Morgan fingerprint density at radius 2 is 1.94 bits per heavy atom. The molecule has 0 aliphatic carbocycles. The Hall–Kier alpha value is -3.31. The molecule has 0 radical (unpaired) electrons. The van der Waals surface area contributed by atoms with Gasteiger partial charge in [0.2, 0.25) is 11.8 Å². The second kappa shape index (κ2) is 8.08. The minimum Gasteiger partial charge on any atom is -0.444 e. The van der Waals surface area contributed by atoms with Gasteiger partial charge < -0.3 is 4.42 Å². The van der Waals surface area contributed by atoms with E-state index in [9.17, 15) is 10.1 Å². The first kappa shape index (κ1) is 20.9. The second-order valence-corrected chi connectivity index (χ2v) is 8.79. The van der Waals surface area contributed by atoms with Gasteiger partial charge in [-0.05, 0) is 57.9 Å². The first-order chi connectivity index (χ1) is 14.8. The number of fused-ring (bicyclic) bond motifs is 3. The third-order valence-electron chi connectivity index (χ3n) is 5.41. The summed E-state index contributed by atoms with van der Waals surface area (Å²) in [6.45, 7) is 9.84. The molecule has 0 bridgehead atoms. The van der Waals surface area contributed by atoms with Crippen LogP contribution in [0.1, 0.15) is 40.0 Å². The van der Waals surface area contributed by atoms with Gasteiger partial charge in [0.1, 0.15) is 17.4 Å². The lowest BCUT2D eigenvalue weighted by Crippen LogP contribution is -2.12. The van der Waals surface area contributed by atoms with E-state index < -0.39 is 0 Å². The normalized spacial score (nSPS) is 11.2. The second-order valence-electron chi connectivity index (χ2n) is 7.73. The van der Waals surface area contributed by atoms with E-state index in [0.717, 1.165) is 33.0 Å². The molecule has 0 spiro atoms. The van der Waals surface area contributed by atoms with Gasteiger partial charge in [-0.15, -0.1) is 10.2 Å². The van der Waals surface area contributed by atoms with Crippen LogP contribution < -0.4 is 5.32 Å². The molecule has 0 aliphatic rings. The molecule has 0 aliphatic heterocycles. The number of hydrogen-bond donors (Lipinski definition) is 1. The number of nitriles is 1. The average Bonchev–Trinajstić information content (AvgIpc) is 3.22. The number of nitrogens with zero attached hydrogens (tertiary/aromatic N) is 4. The largest absolute Gasteiger partial charge is 0.444 e. The molecule has 3 heterocycles. The third kappa shape index (κ3) is 3.77. The Labute approximate surface area is 184 Å². The van der Waals surface area contributed by atoms with Crippen LogP contribution in [0.3, 0.4) is 0 Å². The van der Waals surface area contributed by atoms with Crippen molar-refractivity contribution in [3.63, 3.8) is 0 Å². The van der Waals surface area contributed by atoms with Gasteiger partial charge >= 0.3 is 0 Å². The first-order valence-electron chi connectivity index (χ1n) is 9.98. The molecule has 4 aromatic rings. The number of anilines is 1. The summed E-state index contributed by atoms with van der Waals surface area (Å²) in [5, 5.41) is 22.6. The smallest absolute Gasteiger partial charge is 0.227 e. The lowest BCUT2D eigenvalue weighted by atomic mass is 10.0. The molecule has 3 aromatic heterocycles. The highest BCUT2D eigenvalue weighted by atomic mass is 32.2. The number of aromatic nitrogens is 3. The predicted molar refractivity (Wildman–Crippen MR) is 122 cm³/mol. The van der Waals surface area contributed by atoms with E-state index in [2.05, 4.69) is 58.9 Å². The molecule has 0 saturated carbocycles. The lowest BCUT2D eigenvalue weighted by molar-refractivity contribution is -0.115. The molecule has 4 rings (SSSR count). The topological polar surface area (TPSA) is 96.2 Å². The molecule has 1 aromatic carbocycles. The van der Waals surface area contributed by atoms with Crippen molar-refractivity contribution in [2.45, 2.75) is 46.2 Å². The van der Waals surface area contributed by atoms with Gasteiger partial charge in [-0.25, -0.2) is 0 Å². The fraction of sp³-hybridized carbons (Fsp3) is 0.304. The molecular weight excluding hydrogens is 410 g/mol. The fourth-order valence-corrected chi connectivity index (χ4v) is 4.66. The summed E-state index contributed by atoms with van der Waals surface area (Å²) in [6.07, 6.45) is 0.255. The molecule has 8 heteroatoms. The monoisotopic (exact) mass is 433 g/mol. The molecule has 1 amide bonds. The van der Waals surface area contributed by atoms with E-state index in [-0.39, 0.29) is 18.2 Å². The number of benzene rings is 1. The maximum atomic E-state index is 12.4. The summed E-state index contributed by atoms with van der Waals surface area (Å²) >= 11 is 1.48. The van der Waals surface area contributed by atoms with Gasteiger partial charge in [0.05, 0.1) is 5.52 Å². The van der Waals surface area contributed by atoms with Crippen LogP contribution in [-0.2, 0) is 4.79 Å². The number of furan rings is 1. The third-order valence-corrected chi connectivity index (χ3v) is 6.34. The Morgan fingerprint density at radius 1 is 1.16 bits per heavy atom. The van der Waals surface area contributed by atoms with Crippen molar-refractivity contribution in [2.24, 2.45) is 0 Å². The molecule has 0 unspecified atom stereocenters. The zero-order valence-electron chi connectivity index (χ0n) is 18.2. The van der Waals surface area contributed by atoms with Crippen molar-refractivity contribution in [3.05, 3.63) is 51.8 Å². The highest BCUT2D eigenvalue weighted by Gasteiger charge is 2.18. The van der Waals surface area contributed by atoms with Gasteiger partial charge in [-0.3, -0.25) is 14.5 Å². The number of hydrogen-bond acceptors (Lipinski definition) is 6. The van der Waals surface area contributed by atoms with Crippen molar-refractivity contribution in [2.75, 3.05) is 11.1 Å². The molecule has 158 valence electrons. The Balaban J connectivity index is 1.54. The lowest BCUT2D eigenvalue weighted by Gasteiger charge is -2.11. The zero-order chi connectivity index (χ0) is 22.3. The van der Waals surface area contributed by atoms with E-state index in [4.69, 9.17) is 4.42 Å². The maximum Gasteiger partial charge on any atom is 0.227 e. The van der Waals surface area contributed by atoms with E-state index in [1.54, 1.807) is 13.8 Å². The number of carbonyl (C=O) groups is 1. The van der Waals surface area contributed by atoms with Gasteiger partial charge in [0.25, 0.3) is 0 Å². The predicted octanol–water partition coefficient (Wildman–Crippen LogP) is 5.01. The highest BCUT2D eigenvalue weighted by Crippen LogP contribution is 2.30. The molecule has 31 heavy (non-hydrogen) atoms. The summed E-state index contributed by atoms with van der Waals surface area (Å²) in [6, 6.07) is 8.46. The summed E-state index contributed by atoms with van der Waals surface area (Å²) in [5.41, 5.74) is 6.54. The standard InChI is InChI=1S/C23H23N5O2S/c1-12-8-14(3)21-17(9-12)13(2)10-19-26-27-23(28(19)21)31-7-6-20(29)25-22-18(11-24)15(4)16(5)30-22/h8-10H,6-7H2,1-5H3,(H,25,29). The quantitative estimate of drug-likeness (QED) is 0.445. The van der Waals surface area contributed by atoms with Crippen molar-refractivity contribution >= 4 is 40.1 Å². The average molecular weight is 434 g/mol. The summed E-state index contributed by atoms with van der Waals surface area (Å²) < 4.78 is 7.57. The molecule has 0 saturated heterocycles. The SMILES string of the molecule is Cc1cc(C)c2c(c1)c(C)cc1nnc(SCCC(=O)Nc3oc(C)c(C)c3C#N)n12. The number of amides is 1. The number of thioether (sulfide) groups is 1. The van der Waals surface area contributed by atoms with Crippen LogP contribution in [0.15, 0.2) is 27.8 Å². The summed E-state index contributed by atoms with van der Waals surface area (Å²) in [4.78, 5) is 12.4. The van der Waals surface area contributed by atoms with E-state index >= 15 is 0 Å².